The summed E-state index contributed by atoms with van der Waals surface area (Å²) in [4.78, 5) is 22.5. The van der Waals surface area contributed by atoms with Crippen molar-refractivity contribution in [1.82, 2.24) is 5.32 Å². The van der Waals surface area contributed by atoms with Gasteiger partial charge in [0.25, 0.3) is 0 Å². The first-order valence-corrected chi connectivity index (χ1v) is 6.12. The number of carbonyl (C=O) groups is 2. The van der Waals surface area contributed by atoms with Gasteiger partial charge in [-0.1, -0.05) is 29.8 Å². The number of carboxylic acids is 1. The summed E-state index contributed by atoms with van der Waals surface area (Å²) in [5, 5.41) is 11.3. The van der Waals surface area contributed by atoms with E-state index < -0.39 is 11.4 Å². The van der Waals surface area contributed by atoms with Crippen molar-refractivity contribution >= 4 is 11.9 Å². The molecule has 1 aliphatic rings. The van der Waals surface area contributed by atoms with Crippen LogP contribution in [0.1, 0.15) is 30.4 Å². The van der Waals surface area contributed by atoms with Gasteiger partial charge in [0.15, 0.2) is 0 Å². The van der Waals surface area contributed by atoms with E-state index >= 15 is 0 Å². The molecule has 1 aromatic rings. The Morgan fingerprint density at radius 2 is 2.11 bits per heavy atom. The molecule has 4 heteroatoms. The van der Waals surface area contributed by atoms with E-state index in [1.807, 2.05) is 31.2 Å². The third-order valence-corrected chi connectivity index (χ3v) is 3.38. The Morgan fingerprint density at radius 3 is 2.67 bits per heavy atom. The third kappa shape index (κ3) is 2.53. The van der Waals surface area contributed by atoms with Crippen LogP contribution in [0, 0.1) is 6.92 Å². The van der Waals surface area contributed by atoms with Crippen molar-refractivity contribution in [2.45, 2.75) is 31.6 Å². The molecule has 1 fully saturated rings. The fraction of sp³-hybridized carbons (Fsp3) is 0.429. The normalized spacial score (nSPS) is 16.1. The zero-order valence-corrected chi connectivity index (χ0v) is 10.4. The molecular formula is C14H17NO3. The number of aliphatic carboxylic acids is 1. The molecule has 2 rings (SSSR count). The van der Waals surface area contributed by atoms with Gasteiger partial charge in [-0.25, -0.2) is 0 Å². The summed E-state index contributed by atoms with van der Waals surface area (Å²) in [6.07, 6.45) is 1.65. The number of benzene rings is 1. The SMILES string of the molecule is Cc1cccc(C2(C(=O)NCCC(=O)O)CC2)c1. The minimum atomic E-state index is -0.893. The van der Waals surface area contributed by atoms with Crippen molar-refractivity contribution in [2.75, 3.05) is 6.54 Å². The highest BCUT2D eigenvalue weighted by atomic mass is 16.4. The van der Waals surface area contributed by atoms with Crippen molar-refractivity contribution in [1.29, 1.82) is 0 Å². The van der Waals surface area contributed by atoms with Gasteiger partial charge in [0.1, 0.15) is 0 Å². The Balaban J connectivity index is 2.03. The molecule has 1 amide bonds. The summed E-state index contributed by atoms with van der Waals surface area (Å²) in [6, 6.07) is 7.96. The number of nitrogens with one attached hydrogen (secondary N) is 1. The van der Waals surface area contributed by atoms with Crippen LogP contribution in [-0.4, -0.2) is 23.5 Å². The number of hydrogen-bond acceptors (Lipinski definition) is 2. The Morgan fingerprint density at radius 1 is 1.39 bits per heavy atom. The molecule has 1 aliphatic carbocycles. The minimum Gasteiger partial charge on any atom is -0.481 e. The number of aryl methyl sites for hydroxylation is 1. The second-order valence-corrected chi connectivity index (χ2v) is 4.85. The molecule has 0 heterocycles. The van der Waals surface area contributed by atoms with Gasteiger partial charge in [0.2, 0.25) is 5.91 Å². The Labute approximate surface area is 106 Å². The minimum absolute atomic E-state index is 0.0321. The maximum absolute atomic E-state index is 12.1. The molecule has 18 heavy (non-hydrogen) atoms. The lowest BCUT2D eigenvalue weighted by Gasteiger charge is -2.15. The average Bonchev–Trinajstić information content (AvgIpc) is 3.09. The highest BCUT2D eigenvalue weighted by Gasteiger charge is 2.51. The Bertz CT molecular complexity index is 478. The van der Waals surface area contributed by atoms with E-state index in [2.05, 4.69) is 5.32 Å². The van der Waals surface area contributed by atoms with E-state index in [9.17, 15) is 9.59 Å². The van der Waals surface area contributed by atoms with Crippen LogP contribution in [0.25, 0.3) is 0 Å². The molecule has 0 radical (unpaired) electrons. The van der Waals surface area contributed by atoms with Crippen molar-refractivity contribution in [2.24, 2.45) is 0 Å². The van der Waals surface area contributed by atoms with E-state index in [1.165, 1.54) is 0 Å². The van der Waals surface area contributed by atoms with Crippen LogP contribution >= 0.6 is 0 Å². The molecule has 1 aromatic carbocycles. The van der Waals surface area contributed by atoms with Crippen LogP contribution in [0.3, 0.4) is 0 Å². The molecule has 0 unspecified atom stereocenters. The van der Waals surface area contributed by atoms with Crippen LogP contribution in [0.4, 0.5) is 0 Å². The number of carbonyl (C=O) groups excluding carboxylic acids is 1. The van der Waals surface area contributed by atoms with Gasteiger partial charge in [-0.3, -0.25) is 9.59 Å². The first-order chi connectivity index (χ1) is 8.54. The van der Waals surface area contributed by atoms with Crippen LogP contribution < -0.4 is 5.32 Å². The van der Waals surface area contributed by atoms with Crippen molar-refractivity contribution in [3.8, 4) is 0 Å². The van der Waals surface area contributed by atoms with Gasteiger partial charge in [-0.05, 0) is 25.3 Å². The summed E-state index contributed by atoms with van der Waals surface area (Å²) >= 11 is 0. The number of carboxylic acid groups (broad SMARTS) is 1. The van der Waals surface area contributed by atoms with Gasteiger partial charge in [-0.2, -0.15) is 0 Å². The largest absolute Gasteiger partial charge is 0.481 e. The topological polar surface area (TPSA) is 66.4 Å². The lowest BCUT2D eigenvalue weighted by Crippen LogP contribution is -2.36. The highest BCUT2D eigenvalue weighted by Crippen LogP contribution is 2.48. The van der Waals surface area contributed by atoms with Gasteiger partial charge in [0.05, 0.1) is 11.8 Å². The first-order valence-electron chi connectivity index (χ1n) is 6.12. The van der Waals surface area contributed by atoms with Crippen LogP contribution in [0.2, 0.25) is 0 Å². The second kappa shape index (κ2) is 4.80. The molecule has 0 bridgehead atoms. The number of amides is 1. The van der Waals surface area contributed by atoms with E-state index in [1.54, 1.807) is 0 Å². The number of hydrogen-bond donors (Lipinski definition) is 2. The molecule has 0 atom stereocenters. The van der Waals surface area contributed by atoms with E-state index in [-0.39, 0.29) is 18.9 Å². The third-order valence-electron chi connectivity index (χ3n) is 3.38. The zero-order valence-electron chi connectivity index (χ0n) is 10.4. The zero-order chi connectivity index (χ0) is 13.2. The Kier molecular flexibility index (Phi) is 3.36. The van der Waals surface area contributed by atoms with Crippen LogP contribution in [0.15, 0.2) is 24.3 Å². The maximum atomic E-state index is 12.1. The summed E-state index contributed by atoms with van der Waals surface area (Å²) < 4.78 is 0. The van der Waals surface area contributed by atoms with Gasteiger partial charge < -0.3 is 10.4 Å². The predicted octanol–water partition coefficient (Wildman–Crippen LogP) is 1.62. The molecule has 0 saturated heterocycles. The summed E-state index contributed by atoms with van der Waals surface area (Å²) in [5.41, 5.74) is 1.76. The van der Waals surface area contributed by atoms with Crippen molar-refractivity contribution < 1.29 is 14.7 Å². The molecule has 1 saturated carbocycles. The van der Waals surface area contributed by atoms with Gasteiger partial charge in [0, 0.05) is 6.54 Å². The monoisotopic (exact) mass is 247 g/mol. The van der Waals surface area contributed by atoms with Gasteiger partial charge >= 0.3 is 5.97 Å². The first kappa shape index (κ1) is 12.6. The number of rotatable bonds is 5. The standard InChI is InChI=1S/C14H17NO3/c1-10-3-2-4-11(9-10)14(6-7-14)13(18)15-8-5-12(16)17/h2-4,9H,5-8H2,1H3,(H,15,18)(H,16,17). The fourth-order valence-electron chi connectivity index (χ4n) is 2.17. The predicted molar refractivity (Wildman–Crippen MR) is 67.4 cm³/mol. The summed E-state index contributed by atoms with van der Waals surface area (Å²) in [7, 11) is 0. The quantitative estimate of drug-likeness (QED) is 0.830. The second-order valence-electron chi connectivity index (χ2n) is 4.85. The molecule has 96 valence electrons. The highest BCUT2D eigenvalue weighted by molar-refractivity contribution is 5.91. The average molecular weight is 247 g/mol. The molecule has 0 aliphatic heterocycles. The molecule has 0 spiro atoms. The van der Waals surface area contributed by atoms with E-state index in [4.69, 9.17) is 5.11 Å². The smallest absolute Gasteiger partial charge is 0.305 e. The lowest BCUT2D eigenvalue weighted by atomic mass is 9.93. The summed E-state index contributed by atoms with van der Waals surface area (Å²) in [6.45, 7) is 2.20. The van der Waals surface area contributed by atoms with E-state index in [0.717, 1.165) is 24.0 Å². The fourth-order valence-corrected chi connectivity index (χ4v) is 2.17. The van der Waals surface area contributed by atoms with Crippen LogP contribution in [0.5, 0.6) is 0 Å². The van der Waals surface area contributed by atoms with E-state index in [0.29, 0.717) is 0 Å². The molecule has 2 N–H and O–H groups in total. The molecular weight excluding hydrogens is 230 g/mol. The molecule has 0 aromatic heterocycles. The Hall–Kier alpha value is -1.84. The van der Waals surface area contributed by atoms with Crippen molar-refractivity contribution in [3.05, 3.63) is 35.4 Å². The lowest BCUT2D eigenvalue weighted by molar-refractivity contribution is -0.137. The summed E-state index contributed by atoms with van der Waals surface area (Å²) in [5.74, 6) is -0.940. The van der Waals surface area contributed by atoms with Crippen molar-refractivity contribution in [3.63, 3.8) is 0 Å². The van der Waals surface area contributed by atoms with Crippen LogP contribution in [-0.2, 0) is 15.0 Å². The van der Waals surface area contributed by atoms with Gasteiger partial charge in [-0.15, -0.1) is 0 Å². The molecule has 4 nitrogen and oxygen atoms in total. The maximum Gasteiger partial charge on any atom is 0.305 e.